The highest BCUT2D eigenvalue weighted by atomic mass is 79.9. The number of halogens is 1. The first-order valence-electron chi connectivity index (χ1n) is 5.74. The Hall–Kier alpha value is -0.570. The molecule has 3 heteroatoms. The van der Waals surface area contributed by atoms with Crippen molar-refractivity contribution in [2.45, 2.75) is 51.0 Å². The lowest BCUT2D eigenvalue weighted by atomic mass is 9.98. The molecule has 1 heterocycles. The predicted molar refractivity (Wildman–Crippen MR) is 71.4 cm³/mol. The van der Waals surface area contributed by atoms with Crippen molar-refractivity contribution in [3.8, 4) is 5.75 Å². The van der Waals surface area contributed by atoms with Crippen molar-refractivity contribution in [1.82, 2.24) is 4.98 Å². The summed E-state index contributed by atoms with van der Waals surface area (Å²) >= 11 is 3.58. The number of alkyl halides is 1. The molecule has 0 aromatic carbocycles. The molecule has 16 heavy (non-hydrogen) atoms. The Balaban J connectivity index is 2.73. The topological polar surface area (TPSA) is 22.1 Å². The van der Waals surface area contributed by atoms with Crippen LogP contribution in [-0.4, -0.2) is 15.9 Å². The standard InChI is InChI=1S/C13H20BrNO/c1-9(2)16-13-6-12(7-15-8-13)10(3)5-11(4)14/h6-11H,5H2,1-4H3. The van der Waals surface area contributed by atoms with Crippen LogP contribution in [0.2, 0.25) is 0 Å². The molecule has 0 saturated heterocycles. The average Bonchev–Trinajstić information content (AvgIpc) is 2.16. The zero-order valence-electron chi connectivity index (χ0n) is 10.4. The van der Waals surface area contributed by atoms with Gasteiger partial charge < -0.3 is 4.74 Å². The van der Waals surface area contributed by atoms with Crippen molar-refractivity contribution < 1.29 is 4.74 Å². The summed E-state index contributed by atoms with van der Waals surface area (Å²) in [6, 6.07) is 2.09. The van der Waals surface area contributed by atoms with Gasteiger partial charge in [0.05, 0.1) is 12.3 Å². The van der Waals surface area contributed by atoms with E-state index < -0.39 is 0 Å². The number of nitrogens with zero attached hydrogens (tertiary/aromatic N) is 1. The van der Waals surface area contributed by atoms with Crippen molar-refractivity contribution in [2.24, 2.45) is 0 Å². The Morgan fingerprint density at radius 2 is 1.94 bits per heavy atom. The van der Waals surface area contributed by atoms with E-state index in [9.17, 15) is 0 Å². The van der Waals surface area contributed by atoms with Gasteiger partial charge in [-0.15, -0.1) is 0 Å². The predicted octanol–water partition coefficient (Wildman–Crippen LogP) is 4.15. The zero-order chi connectivity index (χ0) is 12.1. The lowest BCUT2D eigenvalue weighted by Crippen LogP contribution is -2.07. The van der Waals surface area contributed by atoms with Gasteiger partial charge in [0, 0.05) is 11.0 Å². The molecule has 1 aromatic rings. The maximum Gasteiger partial charge on any atom is 0.138 e. The van der Waals surface area contributed by atoms with E-state index in [2.05, 4.69) is 40.8 Å². The number of hydrogen-bond acceptors (Lipinski definition) is 2. The van der Waals surface area contributed by atoms with Crippen LogP contribution in [-0.2, 0) is 0 Å². The third-order valence-electron chi connectivity index (χ3n) is 2.35. The van der Waals surface area contributed by atoms with Crippen molar-refractivity contribution in [3.05, 3.63) is 24.0 Å². The van der Waals surface area contributed by atoms with Crippen LogP contribution in [0.3, 0.4) is 0 Å². The van der Waals surface area contributed by atoms with E-state index in [1.54, 1.807) is 6.20 Å². The van der Waals surface area contributed by atoms with Crippen LogP contribution in [0.4, 0.5) is 0 Å². The minimum absolute atomic E-state index is 0.197. The van der Waals surface area contributed by atoms with Crippen LogP contribution < -0.4 is 4.74 Å². The highest BCUT2D eigenvalue weighted by molar-refractivity contribution is 9.09. The summed E-state index contributed by atoms with van der Waals surface area (Å²) in [7, 11) is 0. The van der Waals surface area contributed by atoms with Gasteiger partial charge in [0.1, 0.15) is 5.75 Å². The van der Waals surface area contributed by atoms with E-state index in [4.69, 9.17) is 4.74 Å². The van der Waals surface area contributed by atoms with E-state index in [0.717, 1.165) is 12.2 Å². The number of pyridine rings is 1. The van der Waals surface area contributed by atoms with E-state index in [1.807, 2.05) is 20.0 Å². The maximum absolute atomic E-state index is 5.64. The van der Waals surface area contributed by atoms with Crippen LogP contribution in [0.15, 0.2) is 18.5 Å². The van der Waals surface area contributed by atoms with Gasteiger partial charge in [-0.2, -0.15) is 0 Å². The molecule has 0 spiro atoms. The Bertz CT molecular complexity index is 325. The highest BCUT2D eigenvalue weighted by Gasteiger charge is 2.10. The molecule has 0 radical (unpaired) electrons. The fourth-order valence-electron chi connectivity index (χ4n) is 1.66. The average molecular weight is 286 g/mol. The quantitative estimate of drug-likeness (QED) is 0.759. The van der Waals surface area contributed by atoms with Gasteiger partial charge in [0.25, 0.3) is 0 Å². The molecule has 0 saturated carbocycles. The second-order valence-electron chi connectivity index (χ2n) is 4.54. The third kappa shape index (κ3) is 4.52. The molecule has 0 aliphatic rings. The molecule has 0 N–H and O–H groups in total. The van der Waals surface area contributed by atoms with Crippen LogP contribution in [0.1, 0.15) is 45.6 Å². The molecule has 0 fully saturated rings. The van der Waals surface area contributed by atoms with E-state index >= 15 is 0 Å². The second-order valence-corrected chi connectivity index (χ2v) is 6.10. The summed E-state index contributed by atoms with van der Waals surface area (Å²) in [6.07, 6.45) is 5.00. The van der Waals surface area contributed by atoms with Gasteiger partial charge in [-0.3, -0.25) is 4.98 Å². The van der Waals surface area contributed by atoms with E-state index in [-0.39, 0.29) is 6.10 Å². The van der Waals surface area contributed by atoms with Crippen molar-refractivity contribution in [3.63, 3.8) is 0 Å². The van der Waals surface area contributed by atoms with Gasteiger partial charge in [0.15, 0.2) is 0 Å². The van der Waals surface area contributed by atoms with E-state index in [1.165, 1.54) is 5.56 Å². The number of ether oxygens (including phenoxy) is 1. The van der Waals surface area contributed by atoms with Crippen LogP contribution in [0.25, 0.3) is 0 Å². The first-order chi connectivity index (χ1) is 7.49. The molecule has 0 amide bonds. The van der Waals surface area contributed by atoms with Crippen molar-refractivity contribution in [1.29, 1.82) is 0 Å². The monoisotopic (exact) mass is 285 g/mol. The first-order valence-corrected chi connectivity index (χ1v) is 6.66. The smallest absolute Gasteiger partial charge is 0.138 e. The number of hydrogen-bond donors (Lipinski definition) is 0. The van der Waals surface area contributed by atoms with Crippen molar-refractivity contribution in [2.75, 3.05) is 0 Å². The third-order valence-corrected chi connectivity index (χ3v) is 2.73. The minimum Gasteiger partial charge on any atom is -0.489 e. The molecule has 1 aromatic heterocycles. The Morgan fingerprint density at radius 3 is 2.50 bits per heavy atom. The van der Waals surface area contributed by atoms with E-state index in [0.29, 0.717) is 10.7 Å². The van der Waals surface area contributed by atoms with Gasteiger partial charge in [-0.25, -0.2) is 0 Å². The maximum atomic E-state index is 5.64. The molecule has 0 aliphatic heterocycles. The highest BCUT2D eigenvalue weighted by Crippen LogP contribution is 2.25. The summed E-state index contributed by atoms with van der Waals surface area (Å²) in [4.78, 5) is 4.75. The summed E-state index contributed by atoms with van der Waals surface area (Å²) in [5.41, 5.74) is 1.24. The lowest BCUT2D eigenvalue weighted by molar-refractivity contribution is 0.241. The summed E-state index contributed by atoms with van der Waals surface area (Å²) < 4.78 is 5.64. The Morgan fingerprint density at radius 1 is 1.25 bits per heavy atom. The Kier molecular flexibility index (Phi) is 5.26. The normalized spacial score (nSPS) is 14.9. The molecular formula is C13H20BrNO. The van der Waals surface area contributed by atoms with Crippen LogP contribution >= 0.6 is 15.9 Å². The zero-order valence-corrected chi connectivity index (χ0v) is 12.0. The second kappa shape index (κ2) is 6.24. The fraction of sp³-hybridized carbons (Fsp3) is 0.615. The minimum atomic E-state index is 0.197. The number of rotatable bonds is 5. The van der Waals surface area contributed by atoms with Crippen LogP contribution in [0, 0.1) is 0 Å². The van der Waals surface area contributed by atoms with Gasteiger partial charge in [-0.1, -0.05) is 29.8 Å². The fourth-order valence-corrected chi connectivity index (χ4v) is 2.23. The Labute approximate surface area is 107 Å². The summed E-state index contributed by atoms with van der Waals surface area (Å²) in [5.74, 6) is 1.36. The summed E-state index contributed by atoms with van der Waals surface area (Å²) in [5, 5.41) is 0. The summed E-state index contributed by atoms with van der Waals surface area (Å²) in [6.45, 7) is 8.43. The molecular weight excluding hydrogens is 266 g/mol. The SMILES string of the molecule is CC(Br)CC(C)c1cncc(OC(C)C)c1. The van der Waals surface area contributed by atoms with Gasteiger partial charge >= 0.3 is 0 Å². The number of aromatic nitrogens is 1. The first kappa shape index (κ1) is 13.5. The molecule has 2 unspecified atom stereocenters. The van der Waals surface area contributed by atoms with Gasteiger partial charge in [-0.05, 0) is 37.8 Å². The van der Waals surface area contributed by atoms with Gasteiger partial charge in [0.2, 0.25) is 0 Å². The molecule has 1 rings (SSSR count). The molecule has 0 bridgehead atoms. The molecule has 0 aliphatic carbocycles. The lowest BCUT2D eigenvalue weighted by Gasteiger charge is -2.15. The molecule has 2 nitrogen and oxygen atoms in total. The molecule has 2 atom stereocenters. The largest absolute Gasteiger partial charge is 0.489 e. The molecule has 90 valence electrons. The van der Waals surface area contributed by atoms with Crippen molar-refractivity contribution >= 4 is 15.9 Å². The van der Waals surface area contributed by atoms with Crippen LogP contribution in [0.5, 0.6) is 5.75 Å².